The molecule has 1 aromatic rings. The van der Waals surface area contributed by atoms with Crippen LogP contribution in [0.15, 0.2) is 24.3 Å². The van der Waals surface area contributed by atoms with Crippen LogP contribution in [0.4, 0.5) is 0 Å². The number of imide groups is 1. The summed E-state index contributed by atoms with van der Waals surface area (Å²) in [5.74, 6) is -1.84. The zero-order chi connectivity index (χ0) is 15.0. The summed E-state index contributed by atoms with van der Waals surface area (Å²) in [6.07, 6.45) is 2.08. The Morgan fingerprint density at radius 1 is 1.19 bits per heavy atom. The lowest BCUT2D eigenvalue weighted by Crippen LogP contribution is -2.42. The molecule has 1 aliphatic carbocycles. The van der Waals surface area contributed by atoms with Crippen LogP contribution in [0.2, 0.25) is 0 Å². The number of rotatable bonds is 4. The number of ether oxygens (including phenoxy) is 1. The van der Waals surface area contributed by atoms with Crippen molar-refractivity contribution >= 4 is 17.8 Å². The fraction of sp³-hybridized carbons (Fsp3) is 0.400. The van der Waals surface area contributed by atoms with Crippen molar-refractivity contribution in [3.05, 3.63) is 35.4 Å². The SMILES string of the molecule is COC(C(=O)ON1C(=O)c2ccccc2C1=O)C1CCC1. The molecule has 0 aromatic heterocycles. The molecule has 1 atom stereocenters. The molecule has 1 fully saturated rings. The predicted molar refractivity (Wildman–Crippen MR) is 71.2 cm³/mol. The topological polar surface area (TPSA) is 72.9 Å². The molecule has 0 N–H and O–H groups in total. The van der Waals surface area contributed by atoms with Crippen LogP contribution in [0.3, 0.4) is 0 Å². The number of hydrogen-bond donors (Lipinski definition) is 0. The van der Waals surface area contributed by atoms with Gasteiger partial charge in [-0.3, -0.25) is 9.59 Å². The number of fused-ring (bicyclic) bond motifs is 1. The number of nitrogens with zero attached hydrogens (tertiary/aromatic N) is 1. The third-order valence-electron chi connectivity index (χ3n) is 4.00. The predicted octanol–water partition coefficient (Wildman–Crippen LogP) is 1.56. The van der Waals surface area contributed by atoms with Crippen molar-refractivity contribution in [3.8, 4) is 0 Å². The summed E-state index contributed by atoms with van der Waals surface area (Å²) in [6.45, 7) is 0. The molecule has 110 valence electrons. The molecule has 2 aliphatic rings. The molecule has 3 rings (SSSR count). The maximum atomic E-state index is 12.1. The Balaban J connectivity index is 1.75. The van der Waals surface area contributed by atoms with E-state index in [1.165, 1.54) is 19.2 Å². The van der Waals surface area contributed by atoms with Crippen LogP contribution in [-0.2, 0) is 14.4 Å². The van der Waals surface area contributed by atoms with Crippen molar-refractivity contribution < 1.29 is 24.0 Å². The minimum absolute atomic E-state index is 0.0951. The van der Waals surface area contributed by atoms with E-state index >= 15 is 0 Å². The summed E-state index contributed by atoms with van der Waals surface area (Å²) < 4.78 is 5.15. The zero-order valence-electron chi connectivity index (χ0n) is 11.6. The highest BCUT2D eigenvalue weighted by Crippen LogP contribution is 2.32. The molecular weight excluding hydrogens is 274 g/mol. The molecule has 0 saturated heterocycles. The van der Waals surface area contributed by atoms with E-state index < -0.39 is 23.9 Å². The first kappa shape index (κ1) is 13.8. The summed E-state index contributed by atoms with van der Waals surface area (Å²) in [5, 5.41) is 0.525. The first-order chi connectivity index (χ1) is 10.1. The Kier molecular flexibility index (Phi) is 3.47. The van der Waals surface area contributed by atoms with Crippen molar-refractivity contribution in [3.63, 3.8) is 0 Å². The van der Waals surface area contributed by atoms with E-state index in [4.69, 9.17) is 9.57 Å². The molecule has 1 aromatic carbocycles. The summed E-state index contributed by atoms with van der Waals surface area (Å²) >= 11 is 0. The minimum Gasteiger partial charge on any atom is -0.369 e. The number of hydroxylamine groups is 2. The third kappa shape index (κ3) is 2.21. The van der Waals surface area contributed by atoms with Crippen molar-refractivity contribution in [2.75, 3.05) is 7.11 Å². The van der Waals surface area contributed by atoms with Crippen molar-refractivity contribution in [2.45, 2.75) is 25.4 Å². The normalized spacial score (nSPS) is 19.2. The van der Waals surface area contributed by atoms with Gasteiger partial charge in [0.25, 0.3) is 11.8 Å². The van der Waals surface area contributed by atoms with Crippen LogP contribution >= 0.6 is 0 Å². The minimum atomic E-state index is -0.733. The first-order valence-corrected chi connectivity index (χ1v) is 6.86. The number of carbonyl (C=O) groups is 3. The van der Waals surface area contributed by atoms with Gasteiger partial charge in [0.1, 0.15) is 0 Å². The van der Waals surface area contributed by atoms with Crippen molar-refractivity contribution in [1.29, 1.82) is 0 Å². The van der Waals surface area contributed by atoms with Crippen molar-refractivity contribution in [1.82, 2.24) is 5.06 Å². The second-order valence-electron chi connectivity index (χ2n) is 5.21. The van der Waals surface area contributed by atoms with Gasteiger partial charge >= 0.3 is 5.97 Å². The van der Waals surface area contributed by atoms with E-state index in [9.17, 15) is 14.4 Å². The lowest BCUT2D eigenvalue weighted by molar-refractivity contribution is -0.185. The number of carbonyl (C=O) groups excluding carboxylic acids is 3. The molecule has 1 aliphatic heterocycles. The van der Waals surface area contributed by atoms with Gasteiger partial charge in [0, 0.05) is 7.11 Å². The van der Waals surface area contributed by atoms with Crippen LogP contribution in [-0.4, -0.2) is 36.1 Å². The number of amides is 2. The quantitative estimate of drug-likeness (QED) is 0.786. The molecule has 0 bridgehead atoms. The summed E-state index contributed by atoms with van der Waals surface area (Å²) in [7, 11) is 1.42. The highest BCUT2D eigenvalue weighted by molar-refractivity contribution is 6.20. The van der Waals surface area contributed by atoms with Gasteiger partial charge in [0.2, 0.25) is 0 Å². The van der Waals surface area contributed by atoms with Crippen LogP contribution in [0.25, 0.3) is 0 Å². The molecular formula is C15H15NO5. The van der Waals surface area contributed by atoms with Gasteiger partial charge in [-0.2, -0.15) is 0 Å². The molecule has 1 heterocycles. The highest BCUT2D eigenvalue weighted by atomic mass is 16.7. The van der Waals surface area contributed by atoms with Crippen LogP contribution in [0, 0.1) is 5.92 Å². The van der Waals surface area contributed by atoms with Gasteiger partial charge < -0.3 is 9.57 Å². The standard InChI is InChI=1S/C15H15NO5/c1-20-12(9-5-4-6-9)15(19)21-16-13(17)10-7-2-3-8-11(10)14(16)18/h2-3,7-9,12H,4-6H2,1H3. The second kappa shape index (κ2) is 5.29. The Morgan fingerprint density at radius 2 is 1.76 bits per heavy atom. The van der Waals surface area contributed by atoms with E-state index in [0.29, 0.717) is 5.06 Å². The van der Waals surface area contributed by atoms with Gasteiger partial charge in [-0.25, -0.2) is 4.79 Å². The molecule has 6 heteroatoms. The van der Waals surface area contributed by atoms with Gasteiger partial charge in [0.05, 0.1) is 11.1 Å². The van der Waals surface area contributed by atoms with Gasteiger partial charge in [-0.05, 0) is 30.9 Å². The smallest absolute Gasteiger partial charge is 0.361 e. The molecule has 1 saturated carbocycles. The maximum absolute atomic E-state index is 12.1. The lowest BCUT2D eigenvalue weighted by Gasteiger charge is -2.31. The Hall–Kier alpha value is -2.21. The zero-order valence-corrected chi connectivity index (χ0v) is 11.6. The average Bonchev–Trinajstić information content (AvgIpc) is 2.68. The monoisotopic (exact) mass is 289 g/mol. The van der Waals surface area contributed by atoms with Crippen LogP contribution in [0.1, 0.15) is 40.0 Å². The van der Waals surface area contributed by atoms with Crippen LogP contribution < -0.4 is 0 Å². The molecule has 21 heavy (non-hydrogen) atoms. The fourth-order valence-corrected chi connectivity index (χ4v) is 2.62. The lowest BCUT2D eigenvalue weighted by atomic mass is 9.81. The molecule has 0 spiro atoms. The van der Waals surface area contributed by atoms with Gasteiger partial charge in [-0.15, -0.1) is 0 Å². The Morgan fingerprint density at radius 3 is 2.19 bits per heavy atom. The van der Waals surface area contributed by atoms with Crippen LogP contribution in [0.5, 0.6) is 0 Å². The first-order valence-electron chi connectivity index (χ1n) is 6.86. The molecule has 0 radical (unpaired) electrons. The number of methoxy groups -OCH3 is 1. The largest absolute Gasteiger partial charge is 0.369 e. The van der Waals surface area contributed by atoms with E-state index in [0.717, 1.165) is 19.3 Å². The number of benzene rings is 1. The highest BCUT2D eigenvalue weighted by Gasteiger charge is 2.42. The summed E-state index contributed by atoms with van der Waals surface area (Å²) in [4.78, 5) is 41.3. The Bertz CT molecular complexity index is 573. The van der Waals surface area contributed by atoms with Gasteiger partial charge in [0.15, 0.2) is 6.10 Å². The molecule has 2 amide bonds. The Labute approximate surface area is 121 Å². The van der Waals surface area contributed by atoms with E-state index in [1.54, 1.807) is 12.1 Å². The summed E-state index contributed by atoms with van der Waals surface area (Å²) in [6, 6.07) is 6.37. The summed E-state index contributed by atoms with van der Waals surface area (Å²) in [5.41, 5.74) is 0.487. The van der Waals surface area contributed by atoms with E-state index in [1.807, 2.05) is 0 Å². The van der Waals surface area contributed by atoms with Gasteiger partial charge in [-0.1, -0.05) is 23.6 Å². The second-order valence-corrected chi connectivity index (χ2v) is 5.21. The van der Waals surface area contributed by atoms with Crippen molar-refractivity contribution in [2.24, 2.45) is 5.92 Å². The third-order valence-corrected chi connectivity index (χ3v) is 4.00. The van der Waals surface area contributed by atoms with E-state index in [-0.39, 0.29) is 17.0 Å². The average molecular weight is 289 g/mol. The fourth-order valence-electron chi connectivity index (χ4n) is 2.62. The van der Waals surface area contributed by atoms with E-state index in [2.05, 4.69) is 0 Å². The number of hydrogen-bond acceptors (Lipinski definition) is 5. The molecule has 6 nitrogen and oxygen atoms in total. The maximum Gasteiger partial charge on any atom is 0.361 e. The molecule has 1 unspecified atom stereocenters.